The van der Waals surface area contributed by atoms with E-state index < -0.39 is 0 Å². The third kappa shape index (κ3) is 3.05. The Morgan fingerprint density at radius 3 is 2.93 bits per heavy atom. The number of allylic oxidation sites excluding steroid dienone is 2. The van der Waals surface area contributed by atoms with E-state index in [2.05, 4.69) is 10.3 Å². The number of ketones is 1. The molecule has 15 heavy (non-hydrogen) atoms. The van der Waals surface area contributed by atoms with Crippen LogP contribution in [-0.2, 0) is 4.79 Å². The number of likely N-dealkylation sites (N-methyl/N-ethyl adjacent to an activating group) is 1. The highest BCUT2D eigenvalue weighted by atomic mass is 16.1. The molecule has 0 saturated carbocycles. The molecule has 82 valence electrons. The zero-order valence-electron chi connectivity index (χ0n) is 9.63. The van der Waals surface area contributed by atoms with Gasteiger partial charge in [0, 0.05) is 19.2 Å². The molecule has 0 aliphatic carbocycles. The highest BCUT2D eigenvalue weighted by Gasteiger charge is 2.13. The number of carbonyl (C=O) groups is 1. The molecule has 0 amide bonds. The average molecular weight is 206 g/mol. The Bertz CT molecular complexity index is 338. The summed E-state index contributed by atoms with van der Waals surface area (Å²) in [5, 5.41) is 3.07. The molecule has 1 rings (SSSR count). The fourth-order valence-corrected chi connectivity index (χ4v) is 1.55. The first-order valence-electron chi connectivity index (χ1n) is 5.33. The highest BCUT2D eigenvalue weighted by Crippen LogP contribution is 2.09. The Labute approximate surface area is 91.0 Å². The minimum absolute atomic E-state index is 0.150. The Balaban J connectivity index is 2.85. The van der Waals surface area contributed by atoms with Crippen LogP contribution in [-0.4, -0.2) is 25.1 Å². The summed E-state index contributed by atoms with van der Waals surface area (Å²) in [7, 11) is 1.87. The van der Waals surface area contributed by atoms with Gasteiger partial charge in [-0.3, -0.25) is 9.79 Å². The van der Waals surface area contributed by atoms with E-state index in [1.807, 2.05) is 33.0 Å². The summed E-state index contributed by atoms with van der Waals surface area (Å²) in [6.45, 7) is 4.52. The van der Waals surface area contributed by atoms with Crippen molar-refractivity contribution in [3.05, 3.63) is 23.4 Å². The number of hydrogen-bond donors (Lipinski definition) is 1. The summed E-state index contributed by atoms with van der Waals surface area (Å²) >= 11 is 0. The van der Waals surface area contributed by atoms with Crippen LogP contribution < -0.4 is 5.32 Å². The van der Waals surface area contributed by atoms with Crippen molar-refractivity contribution < 1.29 is 4.79 Å². The van der Waals surface area contributed by atoms with Crippen molar-refractivity contribution in [2.45, 2.75) is 26.7 Å². The summed E-state index contributed by atoms with van der Waals surface area (Å²) in [6, 6.07) is 0. The number of Topliss-reactive ketones (excluding diaryl/α,β-unsaturated/α-hetero) is 1. The van der Waals surface area contributed by atoms with Crippen LogP contribution in [0.25, 0.3) is 0 Å². The lowest BCUT2D eigenvalue weighted by molar-refractivity contribution is -0.112. The second-order valence-electron chi connectivity index (χ2n) is 3.60. The molecule has 0 fully saturated rings. The zero-order chi connectivity index (χ0) is 11.3. The van der Waals surface area contributed by atoms with Crippen molar-refractivity contribution in [3.8, 4) is 0 Å². The maximum Gasteiger partial charge on any atom is 0.180 e. The van der Waals surface area contributed by atoms with Gasteiger partial charge < -0.3 is 5.32 Å². The molecule has 3 heteroatoms. The molecular weight excluding hydrogens is 188 g/mol. The van der Waals surface area contributed by atoms with Crippen LogP contribution in [0.4, 0.5) is 0 Å². The van der Waals surface area contributed by atoms with Crippen LogP contribution in [0.1, 0.15) is 26.7 Å². The van der Waals surface area contributed by atoms with E-state index in [-0.39, 0.29) is 5.78 Å². The Morgan fingerprint density at radius 2 is 2.33 bits per heavy atom. The molecule has 0 radical (unpaired) electrons. The molecule has 1 N–H and O–H groups in total. The molecule has 0 spiro atoms. The molecule has 0 aromatic carbocycles. The van der Waals surface area contributed by atoms with Gasteiger partial charge in [-0.2, -0.15) is 0 Å². The third-order valence-electron chi connectivity index (χ3n) is 2.34. The van der Waals surface area contributed by atoms with Crippen molar-refractivity contribution in [2.24, 2.45) is 4.99 Å². The maximum atomic E-state index is 11.7. The Kier molecular flexibility index (Phi) is 4.28. The lowest BCUT2D eigenvalue weighted by Crippen LogP contribution is -2.15. The molecule has 1 aliphatic rings. The van der Waals surface area contributed by atoms with Crippen molar-refractivity contribution in [1.29, 1.82) is 0 Å². The molecule has 0 aromatic heterocycles. The first-order chi connectivity index (χ1) is 7.19. The van der Waals surface area contributed by atoms with Crippen LogP contribution in [0, 0.1) is 0 Å². The van der Waals surface area contributed by atoms with E-state index in [9.17, 15) is 4.79 Å². The summed E-state index contributed by atoms with van der Waals surface area (Å²) in [5.74, 6) is 0.150. The van der Waals surface area contributed by atoms with Crippen molar-refractivity contribution in [2.75, 3.05) is 13.6 Å². The van der Waals surface area contributed by atoms with E-state index in [1.165, 1.54) is 0 Å². The number of carbonyl (C=O) groups excluding carboxylic acids is 1. The van der Waals surface area contributed by atoms with Gasteiger partial charge in [0.15, 0.2) is 5.78 Å². The van der Waals surface area contributed by atoms with Crippen LogP contribution in [0.15, 0.2) is 28.4 Å². The van der Waals surface area contributed by atoms with E-state index in [1.54, 1.807) is 0 Å². The molecule has 0 saturated heterocycles. The number of nitrogens with one attached hydrogen (secondary N) is 1. The largest absolute Gasteiger partial charge is 0.388 e. The second kappa shape index (κ2) is 5.49. The Morgan fingerprint density at radius 1 is 1.60 bits per heavy atom. The van der Waals surface area contributed by atoms with Gasteiger partial charge in [-0.05, 0) is 31.1 Å². The van der Waals surface area contributed by atoms with Crippen molar-refractivity contribution in [1.82, 2.24) is 5.32 Å². The number of hydrogen-bond acceptors (Lipinski definition) is 3. The van der Waals surface area contributed by atoms with Gasteiger partial charge in [-0.25, -0.2) is 0 Å². The number of rotatable bonds is 4. The van der Waals surface area contributed by atoms with Gasteiger partial charge in [0.25, 0.3) is 0 Å². The van der Waals surface area contributed by atoms with Gasteiger partial charge in [-0.1, -0.05) is 6.92 Å². The molecule has 0 aromatic rings. The SMILES string of the molecule is CCCC(=O)C1=NCC=C(NC)C=C1C. The van der Waals surface area contributed by atoms with Crippen LogP contribution in [0.3, 0.4) is 0 Å². The molecule has 0 atom stereocenters. The Hall–Kier alpha value is -1.38. The van der Waals surface area contributed by atoms with E-state index >= 15 is 0 Å². The van der Waals surface area contributed by atoms with Gasteiger partial charge in [0.05, 0.1) is 6.54 Å². The zero-order valence-corrected chi connectivity index (χ0v) is 9.63. The first kappa shape index (κ1) is 11.7. The second-order valence-corrected chi connectivity index (χ2v) is 3.60. The van der Waals surface area contributed by atoms with E-state index in [0.29, 0.717) is 18.7 Å². The van der Waals surface area contributed by atoms with E-state index in [4.69, 9.17) is 0 Å². The average Bonchev–Trinajstić information content (AvgIpc) is 2.40. The van der Waals surface area contributed by atoms with Crippen LogP contribution >= 0.6 is 0 Å². The summed E-state index contributed by atoms with van der Waals surface area (Å²) < 4.78 is 0. The smallest absolute Gasteiger partial charge is 0.180 e. The van der Waals surface area contributed by atoms with Crippen LogP contribution in [0.5, 0.6) is 0 Å². The normalized spacial score (nSPS) is 16.1. The minimum atomic E-state index is 0.150. The molecule has 0 bridgehead atoms. The first-order valence-corrected chi connectivity index (χ1v) is 5.33. The lowest BCUT2D eigenvalue weighted by atomic mass is 10.0. The molecule has 3 nitrogen and oxygen atoms in total. The van der Waals surface area contributed by atoms with Gasteiger partial charge in [0.2, 0.25) is 0 Å². The summed E-state index contributed by atoms with van der Waals surface area (Å²) in [5.41, 5.74) is 2.61. The van der Waals surface area contributed by atoms with Crippen LogP contribution in [0.2, 0.25) is 0 Å². The number of aliphatic imine (C=N–C) groups is 1. The topological polar surface area (TPSA) is 41.5 Å². The third-order valence-corrected chi connectivity index (χ3v) is 2.34. The quantitative estimate of drug-likeness (QED) is 0.762. The molecule has 1 heterocycles. The highest BCUT2D eigenvalue weighted by molar-refractivity contribution is 6.46. The summed E-state index contributed by atoms with van der Waals surface area (Å²) in [4.78, 5) is 16.0. The van der Waals surface area contributed by atoms with Gasteiger partial charge in [-0.15, -0.1) is 0 Å². The number of nitrogens with zero attached hydrogens (tertiary/aromatic N) is 1. The molecule has 1 aliphatic heterocycles. The molecule has 0 unspecified atom stereocenters. The predicted octanol–water partition coefficient (Wildman–Crippen LogP) is 1.86. The fraction of sp³-hybridized carbons (Fsp3) is 0.500. The maximum absolute atomic E-state index is 11.7. The van der Waals surface area contributed by atoms with Crippen molar-refractivity contribution in [3.63, 3.8) is 0 Å². The monoisotopic (exact) mass is 206 g/mol. The predicted molar refractivity (Wildman–Crippen MR) is 63.1 cm³/mol. The molecular formula is C12H18N2O. The van der Waals surface area contributed by atoms with Gasteiger partial charge >= 0.3 is 0 Å². The summed E-state index contributed by atoms with van der Waals surface area (Å²) in [6.07, 6.45) is 5.41. The standard InChI is InChI=1S/C12H18N2O/c1-4-5-11(15)12-9(2)8-10(13-3)6-7-14-12/h6,8,13H,4-5,7H2,1-3H3. The van der Waals surface area contributed by atoms with Crippen molar-refractivity contribution >= 4 is 11.5 Å². The minimum Gasteiger partial charge on any atom is -0.388 e. The van der Waals surface area contributed by atoms with E-state index in [0.717, 1.165) is 17.7 Å². The lowest BCUT2D eigenvalue weighted by Gasteiger charge is -2.04. The fourth-order valence-electron chi connectivity index (χ4n) is 1.55. The van der Waals surface area contributed by atoms with Gasteiger partial charge in [0.1, 0.15) is 5.71 Å².